The summed E-state index contributed by atoms with van der Waals surface area (Å²) in [6.45, 7) is 1.01. The fourth-order valence-corrected chi connectivity index (χ4v) is 3.05. The first-order valence-corrected chi connectivity index (χ1v) is 6.98. The van der Waals surface area contributed by atoms with Crippen molar-refractivity contribution in [3.8, 4) is 0 Å². The number of hydrogen-bond acceptors (Lipinski definition) is 4. The van der Waals surface area contributed by atoms with Gasteiger partial charge in [0, 0.05) is 36.8 Å². The van der Waals surface area contributed by atoms with E-state index in [1.54, 1.807) is 0 Å². The topological polar surface area (TPSA) is 68.2 Å². The molecule has 3 atom stereocenters. The van der Waals surface area contributed by atoms with E-state index in [0.29, 0.717) is 13.1 Å². The molecule has 1 saturated heterocycles. The van der Waals surface area contributed by atoms with Crippen molar-refractivity contribution in [2.75, 3.05) is 24.7 Å². The zero-order valence-corrected chi connectivity index (χ0v) is 11.1. The van der Waals surface area contributed by atoms with Crippen LogP contribution in [0, 0.1) is 5.92 Å². The minimum atomic E-state index is -0.350. The standard InChI is InChI=1S/C14H21FN4/c15-6-10-7-19(8-12(10)17)14-4-1-9-5-11(16)2-3-13(9)18-14/h1,4,10-12H,2-3,5-8,16-17H2/t10-,11-,12+/m0/s1. The van der Waals surface area contributed by atoms with Crippen molar-refractivity contribution in [1.82, 2.24) is 4.98 Å². The fourth-order valence-electron chi connectivity index (χ4n) is 3.05. The number of pyridine rings is 1. The quantitative estimate of drug-likeness (QED) is 0.822. The van der Waals surface area contributed by atoms with Crippen LogP contribution in [0.5, 0.6) is 0 Å². The van der Waals surface area contributed by atoms with E-state index in [0.717, 1.165) is 30.8 Å². The van der Waals surface area contributed by atoms with Crippen LogP contribution in [-0.4, -0.2) is 36.8 Å². The zero-order valence-electron chi connectivity index (χ0n) is 11.1. The number of nitrogens with zero attached hydrogens (tertiary/aromatic N) is 2. The molecule has 0 saturated carbocycles. The average Bonchev–Trinajstić information content (AvgIpc) is 2.79. The second-order valence-corrected chi connectivity index (χ2v) is 5.76. The molecule has 2 heterocycles. The number of alkyl halides is 1. The van der Waals surface area contributed by atoms with E-state index in [9.17, 15) is 4.39 Å². The summed E-state index contributed by atoms with van der Waals surface area (Å²) in [5.74, 6) is 0.867. The molecule has 0 unspecified atom stereocenters. The van der Waals surface area contributed by atoms with E-state index in [1.165, 1.54) is 5.56 Å². The highest BCUT2D eigenvalue weighted by Crippen LogP contribution is 2.26. The van der Waals surface area contributed by atoms with Crippen LogP contribution in [0.3, 0.4) is 0 Å². The Morgan fingerprint density at radius 2 is 2.16 bits per heavy atom. The Balaban J connectivity index is 1.80. The van der Waals surface area contributed by atoms with Crippen LogP contribution < -0.4 is 16.4 Å². The first kappa shape index (κ1) is 12.8. The lowest BCUT2D eigenvalue weighted by Crippen LogP contribution is -2.31. The summed E-state index contributed by atoms with van der Waals surface area (Å²) >= 11 is 0. The molecule has 0 amide bonds. The van der Waals surface area contributed by atoms with Crippen molar-refractivity contribution < 1.29 is 4.39 Å². The molecular formula is C14H21FN4. The van der Waals surface area contributed by atoms with Crippen LogP contribution in [0.25, 0.3) is 0 Å². The Bertz CT molecular complexity index is 465. The molecule has 0 bridgehead atoms. The lowest BCUT2D eigenvalue weighted by molar-refractivity contribution is 0.360. The molecule has 104 valence electrons. The Morgan fingerprint density at radius 1 is 1.32 bits per heavy atom. The third kappa shape index (κ3) is 2.44. The summed E-state index contributed by atoms with van der Waals surface area (Å²) in [6.07, 6.45) is 2.85. The molecule has 19 heavy (non-hydrogen) atoms. The van der Waals surface area contributed by atoms with E-state index < -0.39 is 0 Å². The van der Waals surface area contributed by atoms with E-state index in [1.807, 2.05) is 6.07 Å². The van der Waals surface area contributed by atoms with Crippen LogP contribution in [0.2, 0.25) is 0 Å². The average molecular weight is 264 g/mol. The lowest BCUT2D eigenvalue weighted by Gasteiger charge is -2.23. The molecule has 2 aliphatic rings. The van der Waals surface area contributed by atoms with Gasteiger partial charge >= 0.3 is 0 Å². The van der Waals surface area contributed by atoms with Crippen molar-refractivity contribution in [1.29, 1.82) is 0 Å². The van der Waals surface area contributed by atoms with E-state index in [4.69, 9.17) is 16.5 Å². The van der Waals surface area contributed by atoms with E-state index in [-0.39, 0.29) is 24.7 Å². The monoisotopic (exact) mass is 264 g/mol. The Kier molecular flexibility index (Phi) is 3.41. The third-order valence-electron chi connectivity index (χ3n) is 4.30. The van der Waals surface area contributed by atoms with Crippen molar-refractivity contribution in [2.24, 2.45) is 17.4 Å². The molecule has 0 radical (unpaired) electrons. The van der Waals surface area contributed by atoms with Gasteiger partial charge in [-0.1, -0.05) is 6.07 Å². The molecule has 4 N–H and O–H groups in total. The van der Waals surface area contributed by atoms with Crippen molar-refractivity contribution >= 4 is 5.82 Å². The largest absolute Gasteiger partial charge is 0.355 e. The SMILES string of the molecule is N[C@H]1CCc2nc(N3C[C@H](CF)[C@H](N)C3)ccc2C1. The molecule has 1 fully saturated rings. The number of aromatic nitrogens is 1. The molecule has 1 aliphatic carbocycles. The summed E-state index contributed by atoms with van der Waals surface area (Å²) in [7, 11) is 0. The van der Waals surface area contributed by atoms with Gasteiger partial charge in [-0.15, -0.1) is 0 Å². The van der Waals surface area contributed by atoms with E-state index in [2.05, 4.69) is 11.0 Å². The molecule has 0 spiro atoms. The maximum absolute atomic E-state index is 12.8. The van der Waals surface area contributed by atoms with Gasteiger partial charge < -0.3 is 16.4 Å². The third-order valence-corrected chi connectivity index (χ3v) is 4.30. The first-order chi connectivity index (χ1) is 9.17. The number of halogens is 1. The van der Waals surface area contributed by atoms with Gasteiger partial charge in [-0.2, -0.15) is 0 Å². The highest BCUT2D eigenvalue weighted by Gasteiger charge is 2.31. The maximum atomic E-state index is 12.8. The summed E-state index contributed by atoms with van der Waals surface area (Å²) < 4.78 is 12.8. The number of anilines is 1. The van der Waals surface area contributed by atoms with Gasteiger partial charge in [-0.25, -0.2) is 4.98 Å². The summed E-state index contributed by atoms with van der Waals surface area (Å²) in [5, 5.41) is 0. The van der Waals surface area contributed by atoms with Crippen molar-refractivity contribution in [3.63, 3.8) is 0 Å². The summed E-state index contributed by atoms with van der Waals surface area (Å²) in [4.78, 5) is 6.83. The molecule has 3 rings (SSSR count). The van der Waals surface area contributed by atoms with Gasteiger partial charge in [0.1, 0.15) is 5.82 Å². The van der Waals surface area contributed by atoms with Gasteiger partial charge in [-0.3, -0.25) is 4.39 Å². The Hall–Kier alpha value is -1.20. The highest BCUT2D eigenvalue weighted by atomic mass is 19.1. The molecule has 1 aromatic rings. The molecule has 1 aromatic heterocycles. The minimum Gasteiger partial charge on any atom is -0.355 e. The van der Waals surface area contributed by atoms with Gasteiger partial charge in [0.2, 0.25) is 0 Å². The van der Waals surface area contributed by atoms with Gasteiger partial charge in [0.05, 0.1) is 6.67 Å². The molecule has 5 heteroatoms. The molecular weight excluding hydrogens is 243 g/mol. The number of nitrogens with two attached hydrogens (primary N) is 2. The minimum absolute atomic E-state index is 0.0637. The zero-order chi connectivity index (χ0) is 13.4. The van der Waals surface area contributed by atoms with Gasteiger partial charge in [-0.05, 0) is 30.9 Å². The predicted molar refractivity (Wildman–Crippen MR) is 73.9 cm³/mol. The Morgan fingerprint density at radius 3 is 2.89 bits per heavy atom. The number of rotatable bonds is 2. The second kappa shape index (κ2) is 5.06. The lowest BCUT2D eigenvalue weighted by atomic mass is 9.92. The number of aryl methyl sites for hydroxylation is 1. The van der Waals surface area contributed by atoms with Gasteiger partial charge in [0.15, 0.2) is 0 Å². The molecule has 1 aliphatic heterocycles. The number of fused-ring (bicyclic) bond motifs is 1. The number of hydrogen-bond donors (Lipinski definition) is 2. The predicted octanol–water partition coefficient (Wildman–Crippen LogP) is 0.631. The maximum Gasteiger partial charge on any atom is 0.128 e. The van der Waals surface area contributed by atoms with Crippen LogP contribution in [-0.2, 0) is 12.8 Å². The van der Waals surface area contributed by atoms with Crippen LogP contribution in [0.15, 0.2) is 12.1 Å². The van der Waals surface area contributed by atoms with Gasteiger partial charge in [0.25, 0.3) is 0 Å². The fraction of sp³-hybridized carbons (Fsp3) is 0.643. The van der Waals surface area contributed by atoms with Crippen LogP contribution in [0.1, 0.15) is 17.7 Å². The molecule has 4 nitrogen and oxygen atoms in total. The van der Waals surface area contributed by atoms with E-state index >= 15 is 0 Å². The highest BCUT2D eigenvalue weighted by molar-refractivity contribution is 5.44. The van der Waals surface area contributed by atoms with Crippen LogP contribution >= 0.6 is 0 Å². The Labute approximate surface area is 113 Å². The summed E-state index contributed by atoms with van der Waals surface area (Å²) in [5.41, 5.74) is 14.3. The second-order valence-electron chi connectivity index (χ2n) is 5.76. The molecule has 0 aromatic carbocycles. The smallest absolute Gasteiger partial charge is 0.128 e. The first-order valence-electron chi connectivity index (χ1n) is 6.98. The van der Waals surface area contributed by atoms with Crippen LogP contribution in [0.4, 0.5) is 10.2 Å². The van der Waals surface area contributed by atoms with Crippen molar-refractivity contribution in [2.45, 2.75) is 31.3 Å². The normalized spacial score (nSPS) is 30.5. The van der Waals surface area contributed by atoms with Crippen molar-refractivity contribution in [3.05, 3.63) is 23.4 Å². The summed E-state index contributed by atoms with van der Waals surface area (Å²) in [6, 6.07) is 4.31.